The Kier molecular flexibility index (Phi) is 4.16. The van der Waals surface area contributed by atoms with Crippen molar-refractivity contribution in [2.24, 2.45) is 5.10 Å². The predicted molar refractivity (Wildman–Crippen MR) is 83.3 cm³/mol. The molecule has 0 radical (unpaired) electrons. The van der Waals surface area contributed by atoms with Gasteiger partial charge in [0, 0.05) is 12.1 Å². The molecular weight excluding hydrogens is 334 g/mol. The summed E-state index contributed by atoms with van der Waals surface area (Å²) in [6.45, 7) is -0.299. The summed E-state index contributed by atoms with van der Waals surface area (Å²) in [6.07, 6.45) is 0.0775. The molecule has 3 rings (SSSR count). The second-order valence-corrected chi connectivity index (χ2v) is 5.26. The van der Waals surface area contributed by atoms with Crippen LogP contribution >= 0.6 is 0 Å². The van der Waals surface area contributed by atoms with E-state index in [4.69, 9.17) is 0 Å². The lowest BCUT2D eigenvalue weighted by atomic mass is 10.2. The first-order valence-corrected chi connectivity index (χ1v) is 7.14. The van der Waals surface area contributed by atoms with E-state index < -0.39 is 35.2 Å². The van der Waals surface area contributed by atoms with E-state index in [9.17, 15) is 24.5 Å². The van der Waals surface area contributed by atoms with Gasteiger partial charge in [0.25, 0.3) is 11.6 Å². The first-order chi connectivity index (χ1) is 11.9. The molecular formula is C13H13N7O5. The molecule has 12 nitrogen and oxygen atoms in total. The van der Waals surface area contributed by atoms with E-state index in [0.29, 0.717) is 5.56 Å². The number of urea groups is 2. The molecule has 2 heterocycles. The van der Waals surface area contributed by atoms with Gasteiger partial charge in [-0.2, -0.15) is 5.10 Å². The van der Waals surface area contributed by atoms with Crippen molar-refractivity contribution in [1.29, 1.82) is 0 Å². The fraction of sp³-hybridized carbons (Fsp3) is 0.231. The number of nitrogens with one attached hydrogen (secondary N) is 4. The molecule has 0 saturated carbocycles. The third kappa shape index (κ3) is 3.46. The van der Waals surface area contributed by atoms with Crippen LogP contribution in [0.4, 0.5) is 15.3 Å². The lowest BCUT2D eigenvalue weighted by Crippen LogP contribution is -2.47. The quantitative estimate of drug-likeness (QED) is 0.306. The van der Waals surface area contributed by atoms with Gasteiger partial charge in [-0.05, 0) is 17.7 Å². The van der Waals surface area contributed by atoms with Gasteiger partial charge < -0.3 is 16.0 Å². The molecule has 0 aliphatic carbocycles. The Bertz CT molecular complexity index is 763. The Balaban J connectivity index is 1.53. The van der Waals surface area contributed by atoms with Crippen LogP contribution in [0.3, 0.4) is 0 Å². The molecule has 2 unspecified atom stereocenters. The highest BCUT2D eigenvalue weighted by molar-refractivity contribution is 5.89. The van der Waals surface area contributed by atoms with Crippen LogP contribution in [-0.2, 0) is 4.79 Å². The van der Waals surface area contributed by atoms with Crippen molar-refractivity contribution >= 4 is 29.9 Å². The van der Waals surface area contributed by atoms with Crippen LogP contribution in [0.5, 0.6) is 0 Å². The molecule has 0 aromatic heterocycles. The molecule has 0 bridgehead atoms. The van der Waals surface area contributed by atoms with Crippen LogP contribution in [0.1, 0.15) is 5.56 Å². The average molecular weight is 347 g/mol. The van der Waals surface area contributed by atoms with Gasteiger partial charge in [0.2, 0.25) is 0 Å². The van der Waals surface area contributed by atoms with E-state index in [2.05, 4.69) is 26.5 Å². The average Bonchev–Trinajstić information content (AvgIpc) is 3.05. The second-order valence-electron chi connectivity index (χ2n) is 5.26. The molecule has 25 heavy (non-hydrogen) atoms. The van der Waals surface area contributed by atoms with Gasteiger partial charge >= 0.3 is 12.1 Å². The minimum atomic E-state index is -0.649. The Morgan fingerprint density at radius 3 is 2.68 bits per heavy atom. The van der Waals surface area contributed by atoms with Gasteiger partial charge in [-0.15, -0.1) is 0 Å². The number of non-ortho nitro benzene ring substituents is 1. The van der Waals surface area contributed by atoms with Crippen LogP contribution in [0.2, 0.25) is 0 Å². The van der Waals surface area contributed by atoms with Crippen molar-refractivity contribution in [2.45, 2.75) is 12.3 Å². The summed E-state index contributed by atoms with van der Waals surface area (Å²) in [4.78, 5) is 46.1. The van der Waals surface area contributed by atoms with E-state index in [-0.39, 0.29) is 12.2 Å². The van der Waals surface area contributed by atoms with Crippen molar-refractivity contribution in [3.8, 4) is 0 Å². The highest BCUT2D eigenvalue weighted by Crippen LogP contribution is 2.13. The number of hydrogen-bond acceptors (Lipinski definition) is 6. The maximum atomic E-state index is 11.9. The SMILES string of the molecule is O=C(CN1C(=O)NC2NC(=O)NC21)N/N=C/c1ccc([N+](=O)[O-])cc1. The summed E-state index contributed by atoms with van der Waals surface area (Å²) in [5.41, 5.74) is 2.75. The van der Waals surface area contributed by atoms with Crippen molar-refractivity contribution in [2.75, 3.05) is 6.54 Å². The number of hydrogen-bond donors (Lipinski definition) is 4. The Morgan fingerprint density at radius 2 is 2.00 bits per heavy atom. The van der Waals surface area contributed by atoms with Crippen molar-refractivity contribution < 1.29 is 19.3 Å². The number of nitrogens with zero attached hydrogens (tertiary/aromatic N) is 3. The first-order valence-electron chi connectivity index (χ1n) is 7.14. The zero-order chi connectivity index (χ0) is 18.0. The molecule has 2 atom stereocenters. The van der Waals surface area contributed by atoms with Crippen LogP contribution in [-0.4, -0.2) is 52.9 Å². The van der Waals surface area contributed by atoms with Gasteiger partial charge in [-0.3, -0.25) is 19.8 Å². The summed E-state index contributed by atoms with van der Waals surface area (Å²) >= 11 is 0. The largest absolute Gasteiger partial charge is 0.321 e. The second kappa shape index (κ2) is 6.43. The monoisotopic (exact) mass is 347 g/mol. The number of benzene rings is 1. The molecule has 2 aliphatic rings. The number of rotatable bonds is 5. The Morgan fingerprint density at radius 1 is 1.28 bits per heavy atom. The topological polar surface area (TPSA) is 158 Å². The van der Waals surface area contributed by atoms with Gasteiger partial charge in [0.1, 0.15) is 18.9 Å². The molecule has 1 aromatic carbocycles. The number of nitro benzene ring substituents is 1. The van der Waals surface area contributed by atoms with Gasteiger partial charge in [0.15, 0.2) is 0 Å². The van der Waals surface area contributed by atoms with Gasteiger partial charge in [0.05, 0.1) is 11.1 Å². The lowest BCUT2D eigenvalue weighted by molar-refractivity contribution is -0.384. The predicted octanol–water partition coefficient (Wildman–Crippen LogP) is -0.965. The normalized spacial score (nSPS) is 21.5. The van der Waals surface area contributed by atoms with Gasteiger partial charge in [-0.1, -0.05) is 0 Å². The number of amides is 5. The van der Waals surface area contributed by atoms with Crippen molar-refractivity contribution in [1.82, 2.24) is 26.3 Å². The van der Waals surface area contributed by atoms with E-state index in [1.165, 1.54) is 35.4 Å². The molecule has 0 spiro atoms. The van der Waals surface area contributed by atoms with Gasteiger partial charge in [-0.25, -0.2) is 15.0 Å². The molecule has 12 heteroatoms. The molecule has 2 fully saturated rings. The summed E-state index contributed by atoms with van der Waals surface area (Å²) in [5, 5.41) is 21.8. The molecule has 4 N–H and O–H groups in total. The third-order valence-electron chi connectivity index (χ3n) is 3.58. The van der Waals surface area contributed by atoms with Crippen molar-refractivity contribution in [3.63, 3.8) is 0 Å². The molecule has 130 valence electrons. The van der Waals surface area contributed by atoms with E-state index in [0.717, 1.165) is 0 Å². The zero-order valence-corrected chi connectivity index (χ0v) is 12.6. The molecule has 2 saturated heterocycles. The summed E-state index contributed by atoms with van der Waals surface area (Å²) < 4.78 is 0. The number of carbonyl (C=O) groups is 3. The van der Waals surface area contributed by atoms with Crippen LogP contribution < -0.4 is 21.4 Å². The van der Waals surface area contributed by atoms with E-state index in [1.807, 2.05) is 0 Å². The van der Waals surface area contributed by atoms with Crippen LogP contribution in [0.25, 0.3) is 0 Å². The minimum Gasteiger partial charge on any atom is -0.314 e. The standard InChI is InChI=1S/C13H13N7O5/c21-9(6-19-11-10(16-13(19)23)15-12(22)17-11)18-14-5-7-1-3-8(4-2-7)20(24)25/h1-5,10-11H,6H2,(H,16,23)(H,18,21)(H2,15,17,22)/b14-5+. The summed E-state index contributed by atoms with van der Waals surface area (Å²) in [6, 6.07) is 4.66. The summed E-state index contributed by atoms with van der Waals surface area (Å²) in [5.74, 6) is -0.560. The van der Waals surface area contributed by atoms with Crippen molar-refractivity contribution in [3.05, 3.63) is 39.9 Å². The molecule has 2 aliphatic heterocycles. The number of carbonyl (C=O) groups excluding carboxylic acids is 3. The molecule has 5 amide bonds. The molecule has 1 aromatic rings. The Hall–Kier alpha value is -3.70. The highest BCUT2D eigenvalue weighted by atomic mass is 16.6. The number of nitro groups is 1. The van der Waals surface area contributed by atoms with Crippen LogP contribution in [0.15, 0.2) is 29.4 Å². The first kappa shape index (κ1) is 16.2. The van der Waals surface area contributed by atoms with Crippen LogP contribution in [0, 0.1) is 10.1 Å². The maximum absolute atomic E-state index is 11.9. The minimum absolute atomic E-state index is 0.0528. The zero-order valence-electron chi connectivity index (χ0n) is 12.6. The van der Waals surface area contributed by atoms with E-state index >= 15 is 0 Å². The number of hydrazone groups is 1. The number of fused-ring (bicyclic) bond motifs is 1. The highest BCUT2D eigenvalue weighted by Gasteiger charge is 2.45. The maximum Gasteiger partial charge on any atom is 0.321 e. The lowest BCUT2D eigenvalue weighted by Gasteiger charge is -2.19. The smallest absolute Gasteiger partial charge is 0.314 e. The third-order valence-corrected chi connectivity index (χ3v) is 3.58. The fourth-order valence-corrected chi connectivity index (χ4v) is 2.42. The fourth-order valence-electron chi connectivity index (χ4n) is 2.42. The Labute approximate surface area is 140 Å². The summed E-state index contributed by atoms with van der Waals surface area (Å²) in [7, 11) is 0. The van der Waals surface area contributed by atoms with E-state index in [1.54, 1.807) is 0 Å².